The van der Waals surface area contributed by atoms with Gasteiger partial charge in [-0.2, -0.15) is 0 Å². The summed E-state index contributed by atoms with van der Waals surface area (Å²) in [7, 11) is 0. The number of aromatic nitrogens is 3. The molecule has 0 spiro atoms. The SMILES string of the molecule is [2H]C([2H])([2H])c1cc(-c2c(-c3ccccc3)cccc2C(C)(C)C)ccc1-n1c(-c2ccccc2O)nc2c(-c3cc(-c4cc(-c5ccc(C(C([2H])([2H])[2H])(C([2H])([2H])[2H])C([2H])([2H])[2H])cc5)ccn4)cc(C(C)(C)C)c3)cccc21. The molecule has 0 amide bonds. The Balaban J connectivity index is 1.23. The van der Waals surface area contributed by atoms with Crippen LogP contribution in [0.2, 0.25) is 0 Å². The van der Waals surface area contributed by atoms with E-state index >= 15 is 0 Å². The highest BCUT2D eigenvalue weighted by Crippen LogP contribution is 2.44. The zero-order valence-corrected chi connectivity index (χ0v) is 37.5. The van der Waals surface area contributed by atoms with Gasteiger partial charge in [0.2, 0.25) is 0 Å². The molecule has 0 bridgehead atoms. The van der Waals surface area contributed by atoms with Gasteiger partial charge in [0.1, 0.15) is 11.6 Å². The molecule has 7 aromatic carbocycles. The van der Waals surface area contributed by atoms with E-state index in [1.165, 1.54) is 24.3 Å². The average molecular weight is 862 g/mol. The van der Waals surface area contributed by atoms with Crippen LogP contribution in [0, 0.1) is 6.85 Å². The second kappa shape index (κ2) is 16.5. The van der Waals surface area contributed by atoms with E-state index in [0.717, 1.165) is 50.1 Å². The molecule has 4 heteroatoms. The van der Waals surface area contributed by atoms with Crippen molar-refractivity contribution in [2.24, 2.45) is 0 Å². The Bertz CT molecular complexity index is 3630. The normalized spacial score (nSPS) is 15.7. The number of phenolic OH excluding ortho intramolecular Hbond substituents is 1. The summed E-state index contributed by atoms with van der Waals surface area (Å²) in [4.78, 5) is 10.1. The van der Waals surface area contributed by atoms with E-state index in [0.29, 0.717) is 44.9 Å². The molecule has 0 saturated heterocycles. The van der Waals surface area contributed by atoms with Crippen LogP contribution >= 0.6 is 0 Å². The van der Waals surface area contributed by atoms with E-state index in [4.69, 9.17) is 26.4 Å². The lowest BCUT2D eigenvalue weighted by molar-refractivity contribution is 0.477. The summed E-state index contributed by atoms with van der Waals surface area (Å²) in [6.45, 7) is -0.0138. The molecule has 0 saturated carbocycles. The van der Waals surface area contributed by atoms with Crippen molar-refractivity contribution >= 4 is 11.0 Å². The minimum Gasteiger partial charge on any atom is -0.507 e. The fourth-order valence-electron chi connectivity index (χ4n) is 8.70. The van der Waals surface area contributed by atoms with Crippen molar-refractivity contribution in [3.05, 3.63) is 192 Å². The maximum absolute atomic E-state index is 11.5. The van der Waals surface area contributed by atoms with Gasteiger partial charge < -0.3 is 5.11 Å². The molecule has 0 aliphatic heterocycles. The van der Waals surface area contributed by atoms with Crippen LogP contribution in [-0.4, -0.2) is 19.6 Å². The number of pyridine rings is 1. The van der Waals surface area contributed by atoms with Crippen molar-refractivity contribution in [1.82, 2.24) is 14.5 Å². The highest BCUT2D eigenvalue weighted by atomic mass is 16.3. The number of aromatic hydroxyl groups is 1. The van der Waals surface area contributed by atoms with Gasteiger partial charge in [0, 0.05) is 33.8 Å². The second-order valence-corrected chi connectivity index (χ2v) is 18.8. The highest BCUT2D eigenvalue weighted by molar-refractivity contribution is 5.97. The number of hydrogen-bond acceptors (Lipinski definition) is 3. The Morgan fingerprint density at radius 2 is 1.20 bits per heavy atom. The first-order chi connectivity index (χ1) is 35.9. The van der Waals surface area contributed by atoms with Crippen LogP contribution < -0.4 is 0 Å². The van der Waals surface area contributed by atoms with Crippen LogP contribution in [-0.2, 0) is 16.2 Å². The zero-order valence-electron chi connectivity index (χ0n) is 49.5. The molecule has 0 aliphatic rings. The molecule has 9 rings (SSSR count). The van der Waals surface area contributed by atoms with Gasteiger partial charge in [0.25, 0.3) is 0 Å². The van der Waals surface area contributed by atoms with E-state index in [1.54, 1.807) is 42.6 Å². The molecule has 0 unspecified atom stereocenters. The second-order valence-electron chi connectivity index (χ2n) is 18.8. The summed E-state index contributed by atoms with van der Waals surface area (Å²) in [6, 6.07) is 49.9. The van der Waals surface area contributed by atoms with Gasteiger partial charge in [0.15, 0.2) is 0 Å². The number of fused-ring (bicyclic) bond motifs is 1. The van der Waals surface area contributed by atoms with Crippen molar-refractivity contribution in [2.75, 3.05) is 0 Å². The van der Waals surface area contributed by atoms with Crippen LogP contribution in [0.15, 0.2) is 170 Å². The van der Waals surface area contributed by atoms with Crippen molar-refractivity contribution in [3.63, 3.8) is 0 Å². The quantitative estimate of drug-likeness (QED) is 0.174. The summed E-state index contributed by atoms with van der Waals surface area (Å²) in [5.74, 6) is 0.304. The first-order valence-electron chi connectivity index (χ1n) is 27.8. The zero-order chi connectivity index (χ0) is 55.8. The summed E-state index contributed by atoms with van der Waals surface area (Å²) < 4.78 is 103. The molecular formula is C61H59N3O. The Morgan fingerprint density at radius 3 is 1.92 bits per heavy atom. The van der Waals surface area contributed by atoms with E-state index in [9.17, 15) is 5.11 Å². The molecule has 0 aliphatic carbocycles. The highest BCUT2D eigenvalue weighted by Gasteiger charge is 2.25. The van der Waals surface area contributed by atoms with Crippen molar-refractivity contribution < 1.29 is 21.6 Å². The Kier molecular flexibility index (Phi) is 7.86. The fourth-order valence-corrected chi connectivity index (χ4v) is 8.70. The van der Waals surface area contributed by atoms with Gasteiger partial charge in [-0.05, 0) is 139 Å². The van der Waals surface area contributed by atoms with E-state index in [-0.39, 0.29) is 27.7 Å². The molecular weight excluding hydrogens is 791 g/mol. The van der Waals surface area contributed by atoms with Crippen LogP contribution in [0.4, 0.5) is 0 Å². The number of phenols is 1. The largest absolute Gasteiger partial charge is 0.507 e. The van der Waals surface area contributed by atoms with Crippen molar-refractivity contribution in [3.8, 4) is 78.6 Å². The fraction of sp³-hybridized carbons (Fsp3) is 0.213. The minimum absolute atomic E-state index is 0.0342. The lowest BCUT2D eigenvalue weighted by Gasteiger charge is -2.26. The summed E-state index contributed by atoms with van der Waals surface area (Å²) in [6.07, 6.45) is 1.64. The number of hydrogen-bond donors (Lipinski definition) is 1. The van der Waals surface area contributed by atoms with Gasteiger partial charge in [-0.15, -0.1) is 0 Å². The third kappa shape index (κ3) is 8.42. The molecule has 9 aromatic rings. The summed E-state index contributed by atoms with van der Waals surface area (Å²) in [5, 5.41) is 11.5. The van der Waals surface area contributed by atoms with Gasteiger partial charge >= 0.3 is 0 Å². The Labute approximate surface area is 402 Å². The summed E-state index contributed by atoms with van der Waals surface area (Å²) in [5.41, 5.74) is 7.69. The van der Waals surface area contributed by atoms with Crippen molar-refractivity contribution in [1.29, 1.82) is 0 Å². The summed E-state index contributed by atoms with van der Waals surface area (Å²) >= 11 is 0. The number of aryl methyl sites for hydroxylation is 1. The molecule has 2 heterocycles. The van der Waals surface area contributed by atoms with Crippen LogP contribution in [0.5, 0.6) is 5.75 Å². The number of nitrogens with zero attached hydrogens (tertiary/aromatic N) is 3. The van der Waals surface area contributed by atoms with E-state index < -0.39 is 32.8 Å². The van der Waals surface area contributed by atoms with Crippen LogP contribution in [0.25, 0.3) is 83.9 Å². The third-order valence-electron chi connectivity index (χ3n) is 12.1. The minimum atomic E-state index is -3.39. The van der Waals surface area contributed by atoms with Gasteiger partial charge in [0.05, 0.1) is 28.0 Å². The third-order valence-corrected chi connectivity index (χ3v) is 12.1. The smallest absolute Gasteiger partial charge is 0.149 e. The predicted octanol–water partition coefficient (Wildman–Crippen LogP) is 16.3. The maximum atomic E-state index is 11.5. The van der Waals surface area contributed by atoms with E-state index in [2.05, 4.69) is 77.9 Å². The number of para-hydroxylation sites is 2. The molecule has 65 heavy (non-hydrogen) atoms. The predicted molar refractivity (Wildman–Crippen MR) is 274 cm³/mol. The van der Waals surface area contributed by atoms with Gasteiger partial charge in [-0.25, -0.2) is 4.98 Å². The monoisotopic (exact) mass is 862 g/mol. The average Bonchev–Trinajstić information content (AvgIpc) is 3.77. The molecule has 2 aromatic heterocycles. The maximum Gasteiger partial charge on any atom is 0.149 e. The number of rotatable bonds is 7. The topological polar surface area (TPSA) is 50.9 Å². The van der Waals surface area contributed by atoms with Crippen LogP contribution in [0.3, 0.4) is 0 Å². The molecule has 324 valence electrons. The molecule has 4 nitrogen and oxygen atoms in total. The van der Waals surface area contributed by atoms with Crippen molar-refractivity contribution in [2.45, 2.75) is 85.2 Å². The molecule has 0 atom stereocenters. The molecule has 1 N–H and O–H groups in total. The Hall–Kier alpha value is -7.04. The molecule has 0 fully saturated rings. The Morgan fingerprint density at radius 1 is 0.508 bits per heavy atom. The van der Waals surface area contributed by atoms with E-state index in [1.807, 2.05) is 71.3 Å². The first-order valence-corrected chi connectivity index (χ1v) is 21.8. The lowest BCUT2D eigenvalue weighted by atomic mass is 9.78. The number of benzene rings is 7. The number of imidazole rings is 1. The molecule has 0 radical (unpaired) electrons. The first kappa shape index (κ1) is 30.9. The lowest BCUT2D eigenvalue weighted by Crippen LogP contribution is -2.13. The van der Waals surface area contributed by atoms with Gasteiger partial charge in [-0.3, -0.25) is 9.55 Å². The standard InChI is InChI=1S/C61H59N3O/c1-39-34-43(56-48(41-18-12-11-13-19-41)21-16-23-51(56)61(8,9)10)28-31-53(39)64-54-24-17-22-49(57(54)63-58(64)50-20-14-15-25-55(50)65)44-35-45(37-47(36-44)60(5,6)7)52-38-42(32-33-62-52)40-26-29-46(30-27-40)59(2,3)4/h11-38,65H,1-10H3/i1D3,2D3,3D3,4D3. The van der Waals surface area contributed by atoms with Gasteiger partial charge in [-0.1, -0.05) is 171 Å². The van der Waals surface area contributed by atoms with Crippen LogP contribution in [0.1, 0.15) is 101 Å².